The van der Waals surface area contributed by atoms with E-state index in [1.807, 2.05) is 24.8 Å². The molecule has 1 amide bonds. The average molecular weight is 266 g/mol. The van der Waals surface area contributed by atoms with Gasteiger partial charge in [0.1, 0.15) is 0 Å². The predicted molar refractivity (Wildman–Crippen MR) is 71.7 cm³/mol. The number of piperazine rings is 1. The van der Waals surface area contributed by atoms with E-state index in [1.165, 1.54) is 11.8 Å². The smallest absolute Gasteiger partial charge is 0.233 e. The van der Waals surface area contributed by atoms with Gasteiger partial charge in [0.15, 0.2) is 5.16 Å². The molecule has 1 saturated heterocycles. The zero-order valence-electron chi connectivity index (χ0n) is 10.8. The fourth-order valence-corrected chi connectivity index (χ4v) is 2.74. The van der Waals surface area contributed by atoms with Gasteiger partial charge in [-0.2, -0.15) is 0 Å². The number of amides is 1. The van der Waals surface area contributed by atoms with Crippen molar-refractivity contribution in [1.29, 1.82) is 0 Å². The van der Waals surface area contributed by atoms with E-state index in [1.54, 1.807) is 0 Å². The lowest BCUT2D eigenvalue weighted by Gasteiger charge is -2.27. The highest BCUT2D eigenvalue weighted by molar-refractivity contribution is 7.99. The third-order valence-corrected chi connectivity index (χ3v) is 3.59. The van der Waals surface area contributed by atoms with Gasteiger partial charge in [-0.15, -0.1) is 0 Å². The van der Waals surface area contributed by atoms with E-state index in [2.05, 4.69) is 15.3 Å². The zero-order valence-corrected chi connectivity index (χ0v) is 11.6. The Kier molecular flexibility index (Phi) is 4.54. The van der Waals surface area contributed by atoms with Crippen LogP contribution in [0.4, 0.5) is 0 Å². The topological polar surface area (TPSA) is 58.1 Å². The van der Waals surface area contributed by atoms with Crippen molar-refractivity contribution in [3.8, 4) is 0 Å². The molecule has 5 nitrogen and oxygen atoms in total. The van der Waals surface area contributed by atoms with E-state index < -0.39 is 0 Å². The molecule has 1 N–H and O–H groups in total. The summed E-state index contributed by atoms with van der Waals surface area (Å²) >= 11 is 1.42. The number of hydrogen-bond acceptors (Lipinski definition) is 5. The number of aromatic nitrogens is 2. The molecule has 98 valence electrons. The molecule has 0 unspecified atom stereocenters. The van der Waals surface area contributed by atoms with Gasteiger partial charge in [-0.3, -0.25) is 4.79 Å². The van der Waals surface area contributed by atoms with Crippen LogP contribution in [0.2, 0.25) is 0 Å². The molecule has 0 spiro atoms. The molecular formula is C12H18N4OS. The molecule has 0 aliphatic carbocycles. The Hall–Kier alpha value is -1.14. The molecule has 0 bridgehead atoms. The van der Waals surface area contributed by atoms with Crippen molar-refractivity contribution >= 4 is 17.7 Å². The van der Waals surface area contributed by atoms with Crippen molar-refractivity contribution in [2.45, 2.75) is 19.0 Å². The van der Waals surface area contributed by atoms with Crippen molar-refractivity contribution in [2.24, 2.45) is 0 Å². The number of rotatable bonds is 3. The number of hydrogen-bond donors (Lipinski definition) is 1. The molecular weight excluding hydrogens is 248 g/mol. The first kappa shape index (κ1) is 13.3. The number of carbonyl (C=O) groups is 1. The Bertz CT molecular complexity index is 412. The minimum atomic E-state index is 0.171. The maximum Gasteiger partial charge on any atom is 0.233 e. The summed E-state index contributed by atoms with van der Waals surface area (Å²) < 4.78 is 0. The Balaban J connectivity index is 1.88. The highest BCUT2D eigenvalue weighted by Gasteiger charge is 2.16. The summed E-state index contributed by atoms with van der Waals surface area (Å²) in [5.41, 5.74) is 1.89. The fraction of sp³-hybridized carbons (Fsp3) is 0.583. The van der Waals surface area contributed by atoms with Gasteiger partial charge >= 0.3 is 0 Å². The molecule has 0 saturated carbocycles. The Morgan fingerprint density at radius 2 is 1.94 bits per heavy atom. The Labute approximate surface area is 111 Å². The van der Waals surface area contributed by atoms with Crippen molar-refractivity contribution in [3.63, 3.8) is 0 Å². The summed E-state index contributed by atoms with van der Waals surface area (Å²) in [6, 6.07) is 1.93. The van der Waals surface area contributed by atoms with E-state index in [4.69, 9.17) is 0 Å². The maximum absolute atomic E-state index is 12.0. The molecule has 0 radical (unpaired) electrons. The third-order valence-electron chi connectivity index (χ3n) is 2.76. The van der Waals surface area contributed by atoms with Crippen LogP contribution in [0, 0.1) is 13.8 Å². The van der Waals surface area contributed by atoms with Crippen LogP contribution in [0.1, 0.15) is 11.4 Å². The SMILES string of the molecule is Cc1cc(C)nc(SCC(=O)N2CCNCC2)n1. The van der Waals surface area contributed by atoms with Crippen molar-refractivity contribution in [1.82, 2.24) is 20.2 Å². The van der Waals surface area contributed by atoms with Crippen LogP contribution in [0.5, 0.6) is 0 Å². The van der Waals surface area contributed by atoms with Gasteiger partial charge in [0.25, 0.3) is 0 Å². The maximum atomic E-state index is 12.0. The van der Waals surface area contributed by atoms with E-state index in [0.717, 1.165) is 37.6 Å². The first-order chi connectivity index (χ1) is 8.65. The van der Waals surface area contributed by atoms with Crippen molar-refractivity contribution in [3.05, 3.63) is 17.5 Å². The second-order valence-electron chi connectivity index (χ2n) is 4.35. The number of nitrogens with zero attached hydrogens (tertiary/aromatic N) is 3. The van der Waals surface area contributed by atoms with E-state index >= 15 is 0 Å². The highest BCUT2D eigenvalue weighted by Crippen LogP contribution is 2.14. The molecule has 0 aromatic carbocycles. The van der Waals surface area contributed by atoms with Crippen LogP contribution >= 0.6 is 11.8 Å². The number of thioether (sulfide) groups is 1. The molecule has 2 heterocycles. The monoisotopic (exact) mass is 266 g/mol. The molecule has 1 aromatic rings. The van der Waals surface area contributed by atoms with Crippen LogP contribution in [0.25, 0.3) is 0 Å². The molecule has 2 rings (SSSR count). The van der Waals surface area contributed by atoms with Crippen molar-refractivity contribution < 1.29 is 4.79 Å². The number of nitrogens with one attached hydrogen (secondary N) is 1. The molecule has 1 aromatic heterocycles. The van der Waals surface area contributed by atoms with Gasteiger partial charge in [0, 0.05) is 37.6 Å². The lowest BCUT2D eigenvalue weighted by atomic mass is 10.3. The van der Waals surface area contributed by atoms with E-state index in [-0.39, 0.29) is 5.91 Å². The van der Waals surface area contributed by atoms with E-state index in [0.29, 0.717) is 10.9 Å². The zero-order chi connectivity index (χ0) is 13.0. The van der Waals surface area contributed by atoms with Crippen LogP contribution in [0.3, 0.4) is 0 Å². The summed E-state index contributed by atoms with van der Waals surface area (Å²) in [7, 11) is 0. The molecule has 1 aliphatic heterocycles. The lowest BCUT2D eigenvalue weighted by molar-refractivity contribution is -0.128. The van der Waals surface area contributed by atoms with E-state index in [9.17, 15) is 4.79 Å². The average Bonchev–Trinajstić information content (AvgIpc) is 2.36. The lowest BCUT2D eigenvalue weighted by Crippen LogP contribution is -2.47. The molecule has 18 heavy (non-hydrogen) atoms. The van der Waals surface area contributed by atoms with Gasteiger partial charge < -0.3 is 10.2 Å². The molecule has 6 heteroatoms. The van der Waals surface area contributed by atoms with Crippen LogP contribution in [-0.4, -0.2) is 52.7 Å². The van der Waals surface area contributed by atoms with Gasteiger partial charge in [0.2, 0.25) is 5.91 Å². The number of aryl methyl sites for hydroxylation is 2. The first-order valence-corrected chi connectivity index (χ1v) is 7.07. The van der Waals surface area contributed by atoms with Gasteiger partial charge in [-0.05, 0) is 19.9 Å². The second-order valence-corrected chi connectivity index (χ2v) is 5.30. The predicted octanol–water partition coefficient (Wildman–Crippen LogP) is 0.617. The summed E-state index contributed by atoms with van der Waals surface area (Å²) in [6.45, 7) is 7.25. The van der Waals surface area contributed by atoms with Crippen LogP contribution in [0.15, 0.2) is 11.2 Å². The fourth-order valence-electron chi connectivity index (χ4n) is 1.89. The summed E-state index contributed by atoms with van der Waals surface area (Å²) in [4.78, 5) is 22.5. The minimum Gasteiger partial charge on any atom is -0.339 e. The normalized spacial score (nSPS) is 15.8. The highest BCUT2D eigenvalue weighted by atomic mass is 32.2. The van der Waals surface area contributed by atoms with Crippen LogP contribution in [-0.2, 0) is 4.79 Å². The quantitative estimate of drug-likeness (QED) is 0.642. The van der Waals surface area contributed by atoms with Gasteiger partial charge in [-0.25, -0.2) is 9.97 Å². The number of carbonyl (C=O) groups excluding carboxylic acids is 1. The second kappa shape index (κ2) is 6.15. The molecule has 1 fully saturated rings. The third kappa shape index (κ3) is 3.68. The standard InChI is InChI=1S/C12H18N4OS/c1-9-7-10(2)15-12(14-9)18-8-11(17)16-5-3-13-4-6-16/h7,13H,3-6,8H2,1-2H3. The summed E-state index contributed by atoms with van der Waals surface area (Å²) in [6.07, 6.45) is 0. The first-order valence-electron chi connectivity index (χ1n) is 6.09. The minimum absolute atomic E-state index is 0.171. The summed E-state index contributed by atoms with van der Waals surface area (Å²) in [5.74, 6) is 0.590. The molecule has 1 aliphatic rings. The van der Waals surface area contributed by atoms with Gasteiger partial charge in [-0.1, -0.05) is 11.8 Å². The summed E-state index contributed by atoms with van der Waals surface area (Å²) in [5, 5.41) is 3.92. The molecule has 0 atom stereocenters. The van der Waals surface area contributed by atoms with Gasteiger partial charge in [0.05, 0.1) is 5.75 Å². The Morgan fingerprint density at radius 3 is 2.56 bits per heavy atom. The Morgan fingerprint density at radius 1 is 1.33 bits per heavy atom. The van der Waals surface area contributed by atoms with Crippen molar-refractivity contribution in [2.75, 3.05) is 31.9 Å². The largest absolute Gasteiger partial charge is 0.339 e. The van der Waals surface area contributed by atoms with Crippen LogP contribution < -0.4 is 5.32 Å².